The standard InChI is InChI=1S/C18H23BrN4O4S/c1-18(13-5-6-13)16(24)23(17(25)20-18)12-21-7-9-22(10-8-21)28(26,27)15-4-2-3-14(19)11-15/h2-4,11,13H,5-10,12H2,1H3,(H,20,25)/t18-/m0/s1. The highest BCUT2D eigenvalue weighted by atomic mass is 79.9. The second-order valence-corrected chi connectivity index (χ2v) is 10.6. The summed E-state index contributed by atoms with van der Waals surface area (Å²) in [5.74, 6) is 0.0466. The van der Waals surface area contributed by atoms with Crippen LogP contribution in [0.2, 0.25) is 0 Å². The Balaban J connectivity index is 1.38. The summed E-state index contributed by atoms with van der Waals surface area (Å²) in [6.07, 6.45) is 1.92. The number of urea groups is 1. The molecular weight excluding hydrogens is 448 g/mol. The van der Waals surface area contributed by atoms with E-state index in [1.54, 1.807) is 31.2 Å². The van der Waals surface area contributed by atoms with Gasteiger partial charge in [0.2, 0.25) is 10.0 Å². The third-order valence-electron chi connectivity index (χ3n) is 5.80. The molecule has 0 bridgehead atoms. The van der Waals surface area contributed by atoms with E-state index in [1.807, 2.05) is 4.90 Å². The van der Waals surface area contributed by atoms with E-state index in [1.165, 1.54) is 9.21 Å². The van der Waals surface area contributed by atoms with Crippen molar-refractivity contribution in [1.82, 2.24) is 19.4 Å². The van der Waals surface area contributed by atoms with Gasteiger partial charge in [0, 0.05) is 30.7 Å². The van der Waals surface area contributed by atoms with Crippen LogP contribution in [0.5, 0.6) is 0 Å². The Hall–Kier alpha value is -1.49. The van der Waals surface area contributed by atoms with Crippen LogP contribution in [0.25, 0.3) is 0 Å². The minimum absolute atomic E-state index is 0.177. The fraction of sp³-hybridized carbons (Fsp3) is 0.556. The molecule has 4 rings (SSSR count). The van der Waals surface area contributed by atoms with Gasteiger partial charge in [-0.05, 0) is 43.9 Å². The van der Waals surface area contributed by atoms with Crippen molar-refractivity contribution < 1.29 is 18.0 Å². The molecule has 0 radical (unpaired) electrons. The van der Waals surface area contributed by atoms with E-state index in [0.29, 0.717) is 30.7 Å². The number of nitrogens with zero attached hydrogens (tertiary/aromatic N) is 3. The maximum Gasteiger partial charge on any atom is 0.326 e. The zero-order chi connectivity index (χ0) is 20.1. The number of carbonyl (C=O) groups excluding carboxylic acids is 2. The maximum absolute atomic E-state index is 12.8. The van der Waals surface area contributed by atoms with Crippen LogP contribution in [0, 0.1) is 5.92 Å². The zero-order valence-electron chi connectivity index (χ0n) is 15.6. The van der Waals surface area contributed by atoms with Crippen molar-refractivity contribution >= 4 is 37.9 Å². The average Bonchev–Trinajstić information content (AvgIpc) is 3.48. The molecule has 1 aromatic carbocycles. The summed E-state index contributed by atoms with van der Waals surface area (Å²) in [4.78, 5) is 28.5. The summed E-state index contributed by atoms with van der Waals surface area (Å²) in [6, 6.07) is 6.29. The summed E-state index contributed by atoms with van der Waals surface area (Å²) in [7, 11) is -3.56. The van der Waals surface area contributed by atoms with E-state index in [-0.39, 0.29) is 29.4 Å². The minimum Gasteiger partial charge on any atom is -0.323 e. The lowest BCUT2D eigenvalue weighted by Crippen LogP contribution is -2.53. The van der Waals surface area contributed by atoms with Crippen LogP contribution in [0.15, 0.2) is 33.6 Å². The number of amides is 3. The molecular formula is C18H23BrN4O4S. The van der Waals surface area contributed by atoms with Crippen LogP contribution >= 0.6 is 15.9 Å². The second-order valence-electron chi connectivity index (χ2n) is 7.76. The topological polar surface area (TPSA) is 90.0 Å². The van der Waals surface area contributed by atoms with Gasteiger partial charge in [0.25, 0.3) is 5.91 Å². The van der Waals surface area contributed by atoms with Gasteiger partial charge in [0.1, 0.15) is 5.54 Å². The summed E-state index contributed by atoms with van der Waals surface area (Å²) in [5.41, 5.74) is -0.789. The van der Waals surface area contributed by atoms with Gasteiger partial charge < -0.3 is 5.32 Å². The molecule has 1 N–H and O–H groups in total. The van der Waals surface area contributed by atoms with Crippen molar-refractivity contribution in [2.24, 2.45) is 5.92 Å². The first-order valence-corrected chi connectivity index (χ1v) is 11.6. The van der Waals surface area contributed by atoms with Gasteiger partial charge in [-0.3, -0.25) is 9.69 Å². The zero-order valence-corrected chi connectivity index (χ0v) is 18.0. The molecule has 2 aliphatic heterocycles. The molecule has 0 unspecified atom stereocenters. The number of hydrogen-bond donors (Lipinski definition) is 1. The number of nitrogens with one attached hydrogen (secondary N) is 1. The first-order valence-electron chi connectivity index (χ1n) is 9.34. The van der Waals surface area contributed by atoms with Crippen LogP contribution < -0.4 is 5.32 Å². The quantitative estimate of drug-likeness (QED) is 0.657. The van der Waals surface area contributed by atoms with E-state index in [4.69, 9.17) is 0 Å². The normalized spacial score (nSPS) is 27.3. The fourth-order valence-corrected chi connectivity index (χ4v) is 5.89. The van der Waals surface area contributed by atoms with Crippen molar-refractivity contribution in [2.75, 3.05) is 32.8 Å². The van der Waals surface area contributed by atoms with Crippen LogP contribution in [0.4, 0.5) is 4.79 Å². The molecule has 3 amide bonds. The van der Waals surface area contributed by atoms with Crippen molar-refractivity contribution in [3.63, 3.8) is 0 Å². The number of halogens is 1. The molecule has 8 nitrogen and oxygen atoms in total. The Morgan fingerprint density at radius 2 is 1.86 bits per heavy atom. The lowest BCUT2D eigenvalue weighted by Gasteiger charge is -2.35. The van der Waals surface area contributed by atoms with Crippen molar-refractivity contribution in [3.8, 4) is 0 Å². The monoisotopic (exact) mass is 470 g/mol. The van der Waals surface area contributed by atoms with E-state index >= 15 is 0 Å². The van der Waals surface area contributed by atoms with Gasteiger partial charge in [-0.1, -0.05) is 22.0 Å². The molecule has 1 saturated carbocycles. The Labute approximate surface area is 173 Å². The number of carbonyl (C=O) groups is 2. The lowest BCUT2D eigenvalue weighted by atomic mass is 9.96. The number of hydrogen-bond acceptors (Lipinski definition) is 5. The van der Waals surface area contributed by atoms with Crippen LogP contribution in [-0.4, -0.2) is 72.8 Å². The van der Waals surface area contributed by atoms with Gasteiger partial charge in [0.15, 0.2) is 0 Å². The maximum atomic E-state index is 12.8. The summed E-state index contributed by atoms with van der Waals surface area (Å²) < 4.78 is 27.8. The first-order chi connectivity index (χ1) is 13.2. The molecule has 1 atom stereocenters. The molecule has 0 spiro atoms. The van der Waals surface area contributed by atoms with Gasteiger partial charge in [-0.2, -0.15) is 4.31 Å². The molecule has 3 aliphatic rings. The Kier molecular flexibility index (Phi) is 5.01. The average molecular weight is 471 g/mol. The SMILES string of the molecule is C[C@@]1(C2CC2)NC(=O)N(CN2CCN(S(=O)(=O)c3cccc(Br)c3)CC2)C1=O. The van der Waals surface area contributed by atoms with Crippen molar-refractivity contribution in [1.29, 1.82) is 0 Å². The molecule has 2 heterocycles. The minimum atomic E-state index is -3.56. The van der Waals surface area contributed by atoms with Gasteiger partial charge in [0.05, 0.1) is 11.6 Å². The van der Waals surface area contributed by atoms with E-state index in [9.17, 15) is 18.0 Å². The predicted molar refractivity (Wildman–Crippen MR) is 106 cm³/mol. The third-order valence-corrected chi connectivity index (χ3v) is 8.19. The Bertz CT molecular complexity index is 912. The van der Waals surface area contributed by atoms with Crippen LogP contribution in [0.3, 0.4) is 0 Å². The number of benzene rings is 1. The molecule has 28 heavy (non-hydrogen) atoms. The molecule has 1 aromatic rings. The number of imide groups is 1. The van der Waals surface area contributed by atoms with Crippen molar-refractivity contribution in [2.45, 2.75) is 30.2 Å². The van der Waals surface area contributed by atoms with E-state index in [0.717, 1.165) is 12.8 Å². The summed E-state index contributed by atoms with van der Waals surface area (Å²) in [5, 5.41) is 2.84. The molecule has 1 aliphatic carbocycles. The fourth-order valence-electron chi connectivity index (χ4n) is 3.87. The Morgan fingerprint density at radius 3 is 2.46 bits per heavy atom. The molecule has 3 fully saturated rings. The molecule has 2 saturated heterocycles. The molecule has 0 aromatic heterocycles. The van der Waals surface area contributed by atoms with Gasteiger partial charge in [-0.15, -0.1) is 0 Å². The number of sulfonamides is 1. The largest absolute Gasteiger partial charge is 0.326 e. The highest BCUT2D eigenvalue weighted by Crippen LogP contribution is 2.42. The summed E-state index contributed by atoms with van der Waals surface area (Å²) in [6.45, 7) is 3.55. The van der Waals surface area contributed by atoms with Gasteiger partial charge >= 0.3 is 6.03 Å². The smallest absolute Gasteiger partial charge is 0.323 e. The van der Waals surface area contributed by atoms with E-state index < -0.39 is 15.6 Å². The third kappa shape index (κ3) is 3.47. The summed E-state index contributed by atoms with van der Waals surface area (Å²) >= 11 is 3.31. The van der Waals surface area contributed by atoms with Crippen molar-refractivity contribution in [3.05, 3.63) is 28.7 Å². The number of piperazine rings is 1. The number of rotatable bonds is 5. The van der Waals surface area contributed by atoms with E-state index in [2.05, 4.69) is 21.2 Å². The van der Waals surface area contributed by atoms with Crippen LogP contribution in [-0.2, 0) is 14.8 Å². The van der Waals surface area contributed by atoms with Gasteiger partial charge in [-0.25, -0.2) is 18.1 Å². The highest BCUT2D eigenvalue weighted by molar-refractivity contribution is 9.10. The lowest BCUT2D eigenvalue weighted by molar-refractivity contribution is -0.133. The first kappa shape index (κ1) is 19.8. The molecule has 10 heteroatoms. The molecule has 152 valence electrons. The highest BCUT2D eigenvalue weighted by Gasteiger charge is 2.56. The second kappa shape index (κ2) is 7.08. The van der Waals surface area contributed by atoms with Crippen LogP contribution in [0.1, 0.15) is 19.8 Å². The Morgan fingerprint density at radius 1 is 1.18 bits per heavy atom. The predicted octanol–water partition coefficient (Wildman–Crippen LogP) is 1.43.